The minimum Gasteiger partial charge on any atom is -0.507 e. The molecule has 3 heterocycles. The number of esters is 1. The minimum absolute atomic E-state index is 0.0127. The predicted octanol–water partition coefficient (Wildman–Crippen LogP) is 1.06. The van der Waals surface area contributed by atoms with Gasteiger partial charge >= 0.3 is 5.97 Å². The summed E-state index contributed by atoms with van der Waals surface area (Å²) in [7, 11) is 0. The Hall–Kier alpha value is -3.38. The quantitative estimate of drug-likeness (QED) is 0.402. The van der Waals surface area contributed by atoms with Crippen LogP contribution in [0.4, 0.5) is 0 Å². The number of hydrogen-bond donors (Lipinski definition) is 2. The summed E-state index contributed by atoms with van der Waals surface area (Å²) in [6.07, 6.45) is -0.754. The maximum atomic E-state index is 13.5. The SMILES string of the molecule is Cc1c(C)c2c(c(C)c1O)CCC(C)(C(=O)OC(C(=O)NCCN1CCOCC1)c1no[n+]([O-])c1C)O2. The van der Waals surface area contributed by atoms with Crippen molar-refractivity contribution >= 4 is 11.9 Å². The van der Waals surface area contributed by atoms with E-state index in [1.54, 1.807) is 13.8 Å². The number of fused-ring (bicyclic) bond motifs is 1. The van der Waals surface area contributed by atoms with E-state index in [9.17, 15) is 19.9 Å². The van der Waals surface area contributed by atoms with Crippen LogP contribution in [0, 0.1) is 32.9 Å². The highest BCUT2D eigenvalue weighted by molar-refractivity contribution is 5.87. The van der Waals surface area contributed by atoms with Gasteiger partial charge in [-0.3, -0.25) is 14.3 Å². The van der Waals surface area contributed by atoms with Crippen molar-refractivity contribution in [1.82, 2.24) is 15.4 Å². The number of nitrogens with one attached hydrogen (secondary N) is 1. The fraction of sp³-hybridized carbons (Fsp3) is 0.600. The van der Waals surface area contributed by atoms with E-state index in [1.807, 2.05) is 13.8 Å². The molecular weight excluding hydrogens is 484 g/mol. The van der Waals surface area contributed by atoms with E-state index in [0.29, 0.717) is 49.6 Å². The third kappa shape index (κ3) is 5.21. The fourth-order valence-corrected chi connectivity index (χ4v) is 4.65. The molecule has 202 valence electrons. The number of ether oxygens (including phenoxy) is 3. The average Bonchev–Trinajstić information content (AvgIpc) is 3.22. The van der Waals surface area contributed by atoms with E-state index >= 15 is 0 Å². The summed E-state index contributed by atoms with van der Waals surface area (Å²) in [4.78, 5) is 28.9. The molecule has 2 unspecified atom stereocenters. The van der Waals surface area contributed by atoms with Gasteiger partial charge in [-0.15, -0.1) is 0 Å². The predicted molar refractivity (Wildman–Crippen MR) is 129 cm³/mol. The van der Waals surface area contributed by atoms with Gasteiger partial charge in [0.2, 0.25) is 5.60 Å². The molecule has 0 spiro atoms. The van der Waals surface area contributed by atoms with E-state index in [0.717, 1.165) is 24.2 Å². The standard InChI is InChI=1S/C25H34N4O8/c1-14-15(2)21-18(16(3)20(14)30)6-7-25(5,36-21)24(32)35-22(19-17(4)29(33)37-27-19)23(31)26-8-9-28-10-12-34-13-11-28/h22,30H,6-13H2,1-5H3,(H,26,31). The van der Waals surface area contributed by atoms with Crippen LogP contribution in [-0.2, 0) is 25.5 Å². The maximum Gasteiger partial charge on any atom is 0.351 e. The zero-order valence-corrected chi connectivity index (χ0v) is 21.9. The maximum absolute atomic E-state index is 13.5. The Kier molecular flexibility index (Phi) is 7.60. The lowest BCUT2D eigenvalue weighted by Crippen LogP contribution is -2.48. The van der Waals surface area contributed by atoms with Crippen LogP contribution in [0.2, 0.25) is 0 Å². The highest BCUT2D eigenvalue weighted by Gasteiger charge is 2.46. The van der Waals surface area contributed by atoms with Crippen LogP contribution in [0.3, 0.4) is 0 Å². The van der Waals surface area contributed by atoms with E-state index < -0.39 is 23.6 Å². The van der Waals surface area contributed by atoms with Gasteiger partial charge in [-0.2, -0.15) is 0 Å². The normalized spacial score (nSPS) is 20.6. The number of nitrogens with zero attached hydrogens (tertiary/aromatic N) is 3. The third-order valence-electron chi connectivity index (χ3n) is 7.35. The van der Waals surface area contributed by atoms with Crippen molar-refractivity contribution in [2.75, 3.05) is 39.4 Å². The number of aromatic nitrogens is 2. The molecule has 0 aliphatic carbocycles. The van der Waals surface area contributed by atoms with E-state index in [2.05, 4.69) is 20.0 Å². The molecule has 0 radical (unpaired) electrons. The summed E-state index contributed by atoms with van der Waals surface area (Å²) in [5.74, 6) is -0.646. The Morgan fingerprint density at radius 3 is 2.57 bits per heavy atom. The lowest BCUT2D eigenvalue weighted by molar-refractivity contribution is -0.807. The molecule has 2 N–H and O–H groups in total. The second-order valence-electron chi connectivity index (χ2n) is 9.80. The number of carbonyl (C=O) groups is 2. The van der Waals surface area contributed by atoms with Gasteiger partial charge in [-0.25, -0.2) is 4.79 Å². The molecule has 2 aliphatic rings. The number of phenols is 1. The summed E-state index contributed by atoms with van der Waals surface area (Å²) in [5, 5.41) is 28.7. The van der Waals surface area contributed by atoms with Crippen LogP contribution in [0.25, 0.3) is 0 Å². The summed E-state index contributed by atoms with van der Waals surface area (Å²) < 4.78 is 21.9. The van der Waals surface area contributed by atoms with Crippen molar-refractivity contribution in [3.63, 3.8) is 0 Å². The van der Waals surface area contributed by atoms with Gasteiger partial charge in [-0.05, 0) is 55.7 Å². The van der Waals surface area contributed by atoms with Crippen molar-refractivity contribution in [2.45, 2.75) is 59.2 Å². The third-order valence-corrected chi connectivity index (χ3v) is 7.35. The van der Waals surface area contributed by atoms with Crippen molar-refractivity contribution < 1.29 is 38.4 Å². The molecule has 37 heavy (non-hydrogen) atoms. The molecule has 4 rings (SSSR count). The van der Waals surface area contributed by atoms with Crippen molar-refractivity contribution in [3.05, 3.63) is 38.8 Å². The number of amides is 1. The first-order chi connectivity index (χ1) is 17.5. The van der Waals surface area contributed by atoms with Crippen LogP contribution in [-0.4, -0.2) is 72.0 Å². The molecule has 1 saturated heterocycles. The molecule has 2 atom stereocenters. The molecule has 12 heteroatoms. The van der Waals surface area contributed by atoms with Gasteiger partial charge in [0.25, 0.3) is 17.7 Å². The van der Waals surface area contributed by atoms with Crippen molar-refractivity contribution in [3.8, 4) is 11.5 Å². The fourth-order valence-electron chi connectivity index (χ4n) is 4.65. The second kappa shape index (κ2) is 10.5. The lowest BCUT2D eigenvalue weighted by Gasteiger charge is -2.36. The van der Waals surface area contributed by atoms with Crippen LogP contribution in [0.15, 0.2) is 4.63 Å². The van der Waals surface area contributed by atoms with Gasteiger partial charge < -0.3 is 29.8 Å². The number of phenolic OH excluding ortho intramolecular Hbond substituents is 1. The van der Waals surface area contributed by atoms with Crippen LogP contribution >= 0.6 is 0 Å². The summed E-state index contributed by atoms with van der Waals surface area (Å²) >= 11 is 0. The van der Waals surface area contributed by atoms with E-state index in [-0.39, 0.29) is 28.5 Å². The topological polar surface area (TPSA) is 150 Å². The van der Waals surface area contributed by atoms with Gasteiger partial charge in [0.05, 0.1) is 13.2 Å². The van der Waals surface area contributed by atoms with Crippen molar-refractivity contribution in [2.24, 2.45) is 0 Å². The highest BCUT2D eigenvalue weighted by Crippen LogP contribution is 2.43. The number of carbonyl (C=O) groups excluding carboxylic acids is 2. The Balaban J connectivity index is 1.52. The van der Waals surface area contributed by atoms with Crippen LogP contribution in [0.5, 0.6) is 11.5 Å². The van der Waals surface area contributed by atoms with E-state index in [4.69, 9.17) is 14.2 Å². The molecule has 1 fully saturated rings. The van der Waals surface area contributed by atoms with Gasteiger partial charge in [0, 0.05) is 50.2 Å². The Morgan fingerprint density at radius 2 is 1.92 bits per heavy atom. The largest absolute Gasteiger partial charge is 0.507 e. The van der Waals surface area contributed by atoms with Gasteiger partial charge in [0.1, 0.15) is 11.5 Å². The Labute approximate surface area is 215 Å². The number of morpholine rings is 1. The zero-order chi connectivity index (χ0) is 26.9. The molecule has 1 amide bonds. The molecule has 0 saturated carbocycles. The van der Waals surface area contributed by atoms with Crippen LogP contribution in [0.1, 0.15) is 53.1 Å². The molecule has 0 bridgehead atoms. The monoisotopic (exact) mass is 518 g/mol. The summed E-state index contributed by atoms with van der Waals surface area (Å²) in [6, 6.07) is 0. The summed E-state index contributed by atoms with van der Waals surface area (Å²) in [5.41, 5.74) is 1.48. The van der Waals surface area contributed by atoms with Gasteiger partial charge in [0.15, 0.2) is 5.69 Å². The first-order valence-electron chi connectivity index (χ1n) is 12.4. The summed E-state index contributed by atoms with van der Waals surface area (Å²) in [6.45, 7) is 12.2. The molecular formula is C25H34N4O8. The molecule has 12 nitrogen and oxygen atoms in total. The first kappa shape index (κ1) is 26.7. The number of rotatable bonds is 7. The molecule has 2 aliphatic heterocycles. The second-order valence-corrected chi connectivity index (χ2v) is 9.80. The highest BCUT2D eigenvalue weighted by atomic mass is 16.8. The van der Waals surface area contributed by atoms with Gasteiger partial charge in [-0.1, -0.05) is 0 Å². The lowest BCUT2D eigenvalue weighted by atomic mass is 9.87. The average molecular weight is 519 g/mol. The molecule has 1 aromatic carbocycles. The number of hydrogen-bond acceptors (Lipinski definition) is 10. The number of aromatic hydroxyl groups is 1. The Morgan fingerprint density at radius 1 is 1.22 bits per heavy atom. The Bertz CT molecular complexity index is 1190. The first-order valence-corrected chi connectivity index (χ1v) is 12.4. The zero-order valence-electron chi connectivity index (χ0n) is 21.9. The number of benzene rings is 1. The molecule has 2 aromatic rings. The van der Waals surface area contributed by atoms with Crippen molar-refractivity contribution in [1.29, 1.82) is 0 Å². The van der Waals surface area contributed by atoms with E-state index in [1.165, 1.54) is 6.92 Å². The minimum atomic E-state index is -1.50. The smallest absolute Gasteiger partial charge is 0.351 e. The van der Waals surface area contributed by atoms with Crippen LogP contribution < -0.4 is 15.0 Å². The molecule has 1 aromatic heterocycles.